The van der Waals surface area contributed by atoms with Gasteiger partial charge in [0.15, 0.2) is 0 Å². The minimum absolute atomic E-state index is 0.0515. The molecule has 0 aliphatic heterocycles. The van der Waals surface area contributed by atoms with E-state index in [1.807, 2.05) is 13.8 Å². The lowest BCUT2D eigenvalue weighted by molar-refractivity contribution is -0.143. The predicted molar refractivity (Wildman–Crippen MR) is 79.9 cm³/mol. The molecule has 0 amide bonds. The molecule has 1 heterocycles. The molecule has 0 saturated carbocycles. The molecule has 1 rings (SSSR count). The summed E-state index contributed by atoms with van der Waals surface area (Å²) in [5, 5.41) is 0. The fraction of sp³-hybridized carbons (Fsp3) is 0.545. The minimum atomic E-state index is -3.93. The standard InChI is InChI=1S/C11H15Cl2NO4S2/c1-6(2)4-7(11(15)18-3)14-20(16,17)8-5-9(12)19-10(8)13/h5-7,14H,4H2,1-3H3. The third-order valence-corrected chi connectivity index (χ3v) is 5.63. The molecule has 1 unspecified atom stereocenters. The molecule has 1 aromatic rings. The van der Waals surface area contributed by atoms with Gasteiger partial charge in [-0.05, 0) is 18.4 Å². The van der Waals surface area contributed by atoms with E-state index in [1.54, 1.807) is 0 Å². The second-order valence-electron chi connectivity index (χ2n) is 4.52. The maximum Gasteiger partial charge on any atom is 0.323 e. The molecule has 0 aliphatic carbocycles. The molecule has 0 radical (unpaired) electrons. The average molecular weight is 360 g/mol. The number of rotatable bonds is 6. The number of thiophene rings is 1. The Bertz CT molecular complexity index is 583. The smallest absolute Gasteiger partial charge is 0.323 e. The Morgan fingerprint density at radius 1 is 1.45 bits per heavy atom. The van der Waals surface area contributed by atoms with E-state index < -0.39 is 22.0 Å². The molecule has 0 fully saturated rings. The molecule has 5 nitrogen and oxygen atoms in total. The SMILES string of the molecule is COC(=O)C(CC(C)C)NS(=O)(=O)c1cc(Cl)sc1Cl. The van der Waals surface area contributed by atoms with Crippen LogP contribution in [0.5, 0.6) is 0 Å². The van der Waals surface area contributed by atoms with Crippen LogP contribution >= 0.6 is 34.5 Å². The maximum absolute atomic E-state index is 12.2. The summed E-state index contributed by atoms with van der Waals surface area (Å²) in [6, 6.07) is 0.292. The Kier molecular flexibility index (Phi) is 6.27. The van der Waals surface area contributed by atoms with Gasteiger partial charge in [-0.2, -0.15) is 4.72 Å². The first kappa shape index (κ1) is 17.7. The number of methoxy groups -OCH3 is 1. The Morgan fingerprint density at radius 2 is 2.05 bits per heavy atom. The van der Waals surface area contributed by atoms with Crippen molar-refractivity contribution in [1.29, 1.82) is 0 Å². The molecule has 0 aliphatic rings. The zero-order valence-corrected chi connectivity index (χ0v) is 14.3. The number of halogens is 2. The van der Waals surface area contributed by atoms with Gasteiger partial charge < -0.3 is 4.74 Å². The van der Waals surface area contributed by atoms with E-state index >= 15 is 0 Å². The van der Waals surface area contributed by atoms with Crippen LogP contribution in [0, 0.1) is 5.92 Å². The van der Waals surface area contributed by atoms with Gasteiger partial charge in [0.05, 0.1) is 11.4 Å². The van der Waals surface area contributed by atoms with E-state index in [1.165, 1.54) is 13.2 Å². The average Bonchev–Trinajstić information content (AvgIpc) is 2.66. The van der Waals surface area contributed by atoms with Crippen molar-refractivity contribution in [2.75, 3.05) is 7.11 Å². The number of carbonyl (C=O) groups is 1. The van der Waals surface area contributed by atoms with Crippen LogP contribution in [0.4, 0.5) is 0 Å². The van der Waals surface area contributed by atoms with E-state index in [0.29, 0.717) is 6.42 Å². The molecule has 0 aromatic carbocycles. The van der Waals surface area contributed by atoms with Crippen LogP contribution in [0.1, 0.15) is 20.3 Å². The van der Waals surface area contributed by atoms with Crippen molar-refractivity contribution in [3.05, 3.63) is 14.7 Å². The number of ether oxygens (including phenoxy) is 1. The first-order valence-electron chi connectivity index (χ1n) is 5.72. The molecule has 20 heavy (non-hydrogen) atoms. The third kappa shape index (κ3) is 4.60. The highest BCUT2D eigenvalue weighted by Gasteiger charge is 2.29. The molecule has 0 bridgehead atoms. The van der Waals surface area contributed by atoms with E-state index in [0.717, 1.165) is 11.3 Å². The first-order chi connectivity index (χ1) is 9.17. The van der Waals surface area contributed by atoms with Gasteiger partial charge in [-0.3, -0.25) is 4.79 Å². The monoisotopic (exact) mass is 359 g/mol. The van der Waals surface area contributed by atoms with E-state index in [2.05, 4.69) is 9.46 Å². The van der Waals surface area contributed by atoms with Crippen LogP contribution < -0.4 is 4.72 Å². The van der Waals surface area contributed by atoms with Crippen molar-refractivity contribution >= 4 is 50.5 Å². The maximum atomic E-state index is 12.2. The fourth-order valence-electron chi connectivity index (χ4n) is 1.57. The van der Waals surface area contributed by atoms with Crippen molar-refractivity contribution in [1.82, 2.24) is 4.72 Å². The predicted octanol–water partition coefficient (Wildman–Crippen LogP) is 2.92. The number of nitrogens with one attached hydrogen (secondary N) is 1. The molecule has 114 valence electrons. The number of hydrogen-bond donors (Lipinski definition) is 1. The summed E-state index contributed by atoms with van der Waals surface area (Å²) in [5.74, 6) is -0.525. The first-order valence-corrected chi connectivity index (χ1v) is 8.78. The van der Waals surface area contributed by atoms with Crippen molar-refractivity contribution in [2.24, 2.45) is 5.92 Å². The van der Waals surface area contributed by atoms with Crippen molar-refractivity contribution in [2.45, 2.75) is 31.2 Å². The molecule has 0 saturated heterocycles. The Morgan fingerprint density at radius 3 is 2.45 bits per heavy atom. The highest BCUT2D eigenvalue weighted by molar-refractivity contribution is 7.89. The molecule has 0 spiro atoms. The molecule has 1 atom stereocenters. The van der Waals surface area contributed by atoms with Crippen LogP contribution in [-0.4, -0.2) is 27.5 Å². The molecule has 1 N–H and O–H groups in total. The second kappa shape index (κ2) is 7.09. The quantitative estimate of drug-likeness (QED) is 0.792. The van der Waals surface area contributed by atoms with Crippen LogP contribution in [0.15, 0.2) is 11.0 Å². The van der Waals surface area contributed by atoms with Crippen LogP contribution in [0.25, 0.3) is 0 Å². The molecular formula is C11H15Cl2NO4S2. The van der Waals surface area contributed by atoms with Gasteiger partial charge in [0.25, 0.3) is 0 Å². The van der Waals surface area contributed by atoms with Gasteiger partial charge in [-0.25, -0.2) is 8.42 Å². The zero-order valence-electron chi connectivity index (χ0n) is 11.1. The second-order valence-corrected chi connectivity index (χ2v) is 8.48. The van der Waals surface area contributed by atoms with Gasteiger partial charge >= 0.3 is 5.97 Å². The van der Waals surface area contributed by atoms with Gasteiger partial charge in [0.2, 0.25) is 10.0 Å². The van der Waals surface area contributed by atoms with Gasteiger partial charge in [0, 0.05) is 0 Å². The topological polar surface area (TPSA) is 72.5 Å². The van der Waals surface area contributed by atoms with E-state index in [-0.39, 0.29) is 19.5 Å². The Balaban J connectivity index is 3.02. The number of hydrogen-bond acceptors (Lipinski definition) is 5. The van der Waals surface area contributed by atoms with Crippen LogP contribution in [-0.2, 0) is 19.6 Å². The summed E-state index contributed by atoms with van der Waals surface area (Å²) in [6.45, 7) is 3.75. The van der Waals surface area contributed by atoms with Crippen molar-refractivity contribution < 1.29 is 17.9 Å². The normalized spacial score (nSPS) is 13.5. The summed E-state index contributed by atoms with van der Waals surface area (Å²) in [7, 11) is -2.72. The van der Waals surface area contributed by atoms with Crippen LogP contribution in [0.2, 0.25) is 8.67 Å². The minimum Gasteiger partial charge on any atom is -0.468 e. The summed E-state index contributed by atoms with van der Waals surface area (Å²) < 4.78 is 31.7. The molecular weight excluding hydrogens is 345 g/mol. The van der Waals surface area contributed by atoms with Gasteiger partial charge in [0.1, 0.15) is 15.3 Å². The largest absolute Gasteiger partial charge is 0.468 e. The number of sulfonamides is 1. The fourth-order valence-corrected chi connectivity index (χ4v) is 4.91. The highest BCUT2D eigenvalue weighted by atomic mass is 35.5. The summed E-state index contributed by atoms with van der Waals surface area (Å²) in [5.41, 5.74) is 0. The summed E-state index contributed by atoms with van der Waals surface area (Å²) in [6.07, 6.45) is 0.321. The number of carbonyl (C=O) groups excluding carboxylic acids is 1. The third-order valence-electron chi connectivity index (χ3n) is 2.41. The Labute approximate surface area is 132 Å². The highest BCUT2D eigenvalue weighted by Crippen LogP contribution is 2.34. The van der Waals surface area contributed by atoms with Crippen molar-refractivity contribution in [3.8, 4) is 0 Å². The van der Waals surface area contributed by atoms with E-state index in [4.69, 9.17) is 23.2 Å². The zero-order chi connectivity index (χ0) is 15.5. The summed E-state index contributed by atoms with van der Waals surface area (Å²) >= 11 is 12.5. The van der Waals surface area contributed by atoms with Crippen LogP contribution in [0.3, 0.4) is 0 Å². The van der Waals surface area contributed by atoms with Crippen molar-refractivity contribution in [3.63, 3.8) is 0 Å². The number of esters is 1. The molecule has 1 aromatic heterocycles. The van der Waals surface area contributed by atoms with Gasteiger partial charge in [-0.1, -0.05) is 37.0 Å². The lowest BCUT2D eigenvalue weighted by Crippen LogP contribution is -2.42. The van der Waals surface area contributed by atoms with E-state index in [9.17, 15) is 13.2 Å². The summed E-state index contributed by atoms with van der Waals surface area (Å²) in [4.78, 5) is 11.5. The Hall–Kier alpha value is -0.340. The lowest BCUT2D eigenvalue weighted by atomic mass is 10.1. The molecule has 9 heteroatoms. The van der Waals surface area contributed by atoms with Gasteiger partial charge in [-0.15, -0.1) is 11.3 Å². The lowest BCUT2D eigenvalue weighted by Gasteiger charge is -2.18.